The highest BCUT2D eigenvalue weighted by atomic mass is 19.1. The van der Waals surface area contributed by atoms with Crippen molar-refractivity contribution in [2.45, 2.75) is 6.92 Å². The number of aryl methyl sites for hydroxylation is 1. The molecular formula is C12H10FNO. The summed E-state index contributed by atoms with van der Waals surface area (Å²) in [6.45, 7) is 1.76. The summed E-state index contributed by atoms with van der Waals surface area (Å²) in [6, 6.07) is 7.81. The molecular weight excluding hydrogens is 193 g/mol. The fraction of sp³-hybridized carbons (Fsp3) is 0.0833. The number of hydrogen-bond acceptors (Lipinski definition) is 2. The van der Waals surface area contributed by atoms with Gasteiger partial charge in [-0.2, -0.15) is 0 Å². The Hall–Kier alpha value is -1.90. The van der Waals surface area contributed by atoms with Crippen molar-refractivity contribution in [1.29, 1.82) is 0 Å². The monoisotopic (exact) mass is 203 g/mol. The van der Waals surface area contributed by atoms with Crippen LogP contribution in [0.2, 0.25) is 0 Å². The van der Waals surface area contributed by atoms with E-state index in [0.717, 1.165) is 0 Å². The molecule has 0 amide bonds. The van der Waals surface area contributed by atoms with Crippen LogP contribution < -0.4 is 0 Å². The van der Waals surface area contributed by atoms with Gasteiger partial charge in [0.2, 0.25) is 0 Å². The molecule has 0 aliphatic heterocycles. The third-order valence-electron chi connectivity index (χ3n) is 2.23. The van der Waals surface area contributed by atoms with Gasteiger partial charge in [-0.05, 0) is 42.8 Å². The normalized spacial score (nSPS) is 10.3. The maximum absolute atomic E-state index is 13.4. The van der Waals surface area contributed by atoms with Gasteiger partial charge in [-0.3, -0.25) is 4.98 Å². The SMILES string of the molecule is Cc1cc(-c2ncccc2F)ccc1O. The van der Waals surface area contributed by atoms with Gasteiger partial charge in [0.1, 0.15) is 17.3 Å². The Morgan fingerprint density at radius 2 is 2.07 bits per heavy atom. The largest absolute Gasteiger partial charge is 0.508 e. The maximum atomic E-state index is 13.4. The first-order valence-corrected chi connectivity index (χ1v) is 4.59. The number of phenols is 1. The van der Waals surface area contributed by atoms with Crippen molar-refractivity contribution in [2.75, 3.05) is 0 Å². The molecule has 0 unspecified atom stereocenters. The van der Waals surface area contributed by atoms with Crippen molar-refractivity contribution in [3.05, 3.63) is 47.9 Å². The Balaban J connectivity index is 2.55. The van der Waals surface area contributed by atoms with Crippen LogP contribution in [0.15, 0.2) is 36.5 Å². The second-order valence-corrected chi connectivity index (χ2v) is 3.34. The molecule has 0 aliphatic carbocycles. The van der Waals surface area contributed by atoms with Crippen LogP contribution in [0.4, 0.5) is 4.39 Å². The molecule has 3 heteroatoms. The first kappa shape index (κ1) is 9.65. The van der Waals surface area contributed by atoms with E-state index in [0.29, 0.717) is 16.8 Å². The van der Waals surface area contributed by atoms with Gasteiger partial charge in [-0.15, -0.1) is 0 Å². The number of aromatic nitrogens is 1. The number of phenolic OH excluding ortho intramolecular Hbond substituents is 1. The number of aromatic hydroxyl groups is 1. The molecule has 1 heterocycles. The van der Waals surface area contributed by atoms with Crippen LogP contribution in [0, 0.1) is 12.7 Å². The predicted molar refractivity (Wildman–Crippen MR) is 56.0 cm³/mol. The second-order valence-electron chi connectivity index (χ2n) is 3.34. The number of nitrogens with zero attached hydrogens (tertiary/aromatic N) is 1. The minimum atomic E-state index is -0.359. The van der Waals surface area contributed by atoms with Gasteiger partial charge in [0.05, 0.1) is 0 Å². The van der Waals surface area contributed by atoms with Crippen LogP contribution in [-0.4, -0.2) is 10.1 Å². The van der Waals surface area contributed by atoms with E-state index < -0.39 is 0 Å². The molecule has 0 atom stereocenters. The van der Waals surface area contributed by atoms with Gasteiger partial charge in [-0.1, -0.05) is 0 Å². The molecule has 2 nitrogen and oxygen atoms in total. The molecule has 0 saturated heterocycles. The molecule has 1 aromatic heterocycles. The lowest BCUT2D eigenvalue weighted by atomic mass is 10.1. The number of hydrogen-bond donors (Lipinski definition) is 1. The van der Waals surface area contributed by atoms with E-state index in [9.17, 15) is 9.50 Å². The van der Waals surface area contributed by atoms with E-state index in [-0.39, 0.29) is 11.6 Å². The summed E-state index contributed by atoms with van der Waals surface area (Å²) in [4.78, 5) is 3.96. The van der Waals surface area contributed by atoms with Gasteiger partial charge in [0.15, 0.2) is 0 Å². The highest BCUT2D eigenvalue weighted by Crippen LogP contribution is 2.25. The van der Waals surface area contributed by atoms with Crippen molar-refractivity contribution < 1.29 is 9.50 Å². The smallest absolute Gasteiger partial charge is 0.149 e. The summed E-state index contributed by atoms with van der Waals surface area (Å²) < 4.78 is 13.4. The maximum Gasteiger partial charge on any atom is 0.149 e. The van der Waals surface area contributed by atoms with Crippen LogP contribution >= 0.6 is 0 Å². The quantitative estimate of drug-likeness (QED) is 0.773. The second kappa shape index (κ2) is 3.69. The Kier molecular flexibility index (Phi) is 2.37. The molecule has 15 heavy (non-hydrogen) atoms. The first-order valence-electron chi connectivity index (χ1n) is 4.59. The topological polar surface area (TPSA) is 33.1 Å². The Labute approximate surface area is 87.0 Å². The zero-order valence-corrected chi connectivity index (χ0v) is 8.24. The summed E-state index contributed by atoms with van der Waals surface area (Å²) >= 11 is 0. The lowest BCUT2D eigenvalue weighted by Crippen LogP contribution is -1.88. The molecule has 0 fully saturated rings. The highest BCUT2D eigenvalue weighted by molar-refractivity contribution is 5.62. The summed E-state index contributed by atoms with van der Waals surface area (Å²) in [5, 5.41) is 9.35. The minimum absolute atomic E-state index is 0.204. The van der Waals surface area contributed by atoms with Crippen molar-refractivity contribution in [1.82, 2.24) is 4.98 Å². The summed E-state index contributed by atoms with van der Waals surface area (Å²) in [6.07, 6.45) is 1.54. The Morgan fingerprint density at radius 3 is 2.73 bits per heavy atom. The highest BCUT2D eigenvalue weighted by Gasteiger charge is 2.06. The van der Waals surface area contributed by atoms with E-state index in [1.807, 2.05) is 0 Å². The average molecular weight is 203 g/mol. The van der Waals surface area contributed by atoms with Crippen molar-refractivity contribution >= 4 is 0 Å². The van der Waals surface area contributed by atoms with E-state index in [2.05, 4.69) is 4.98 Å². The van der Waals surface area contributed by atoms with E-state index in [4.69, 9.17) is 0 Å². The third kappa shape index (κ3) is 1.81. The van der Waals surface area contributed by atoms with Crippen molar-refractivity contribution in [3.8, 4) is 17.0 Å². The zero-order valence-electron chi connectivity index (χ0n) is 8.24. The summed E-state index contributed by atoms with van der Waals surface area (Å²) in [5.74, 6) is -0.155. The molecule has 0 bridgehead atoms. The molecule has 76 valence electrons. The molecule has 0 radical (unpaired) electrons. The average Bonchev–Trinajstić information content (AvgIpc) is 2.23. The molecule has 0 saturated carbocycles. The minimum Gasteiger partial charge on any atom is -0.508 e. The lowest BCUT2D eigenvalue weighted by molar-refractivity contribution is 0.471. The van der Waals surface area contributed by atoms with Crippen molar-refractivity contribution in [2.24, 2.45) is 0 Å². The van der Waals surface area contributed by atoms with Crippen LogP contribution in [0.5, 0.6) is 5.75 Å². The van der Waals surface area contributed by atoms with Gasteiger partial charge in [0, 0.05) is 11.8 Å². The van der Waals surface area contributed by atoms with Crippen molar-refractivity contribution in [3.63, 3.8) is 0 Å². The first-order chi connectivity index (χ1) is 7.18. The van der Waals surface area contributed by atoms with Crippen LogP contribution in [0.25, 0.3) is 11.3 Å². The van der Waals surface area contributed by atoms with E-state index >= 15 is 0 Å². The number of benzene rings is 1. The standard InChI is InChI=1S/C12H10FNO/c1-8-7-9(4-5-11(8)15)12-10(13)3-2-6-14-12/h2-7,15H,1H3. The van der Waals surface area contributed by atoms with Gasteiger partial charge in [0.25, 0.3) is 0 Å². The molecule has 0 spiro atoms. The molecule has 1 aromatic carbocycles. The fourth-order valence-corrected chi connectivity index (χ4v) is 1.40. The Morgan fingerprint density at radius 1 is 1.27 bits per heavy atom. The van der Waals surface area contributed by atoms with Crippen LogP contribution in [-0.2, 0) is 0 Å². The molecule has 2 aromatic rings. The summed E-state index contributed by atoms with van der Waals surface area (Å²) in [5.41, 5.74) is 1.68. The van der Waals surface area contributed by atoms with Gasteiger partial charge < -0.3 is 5.11 Å². The molecule has 2 rings (SSSR count). The van der Waals surface area contributed by atoms with Gasteiger partial charge in [-0.25, -0.2) is 4.39 Å². The number of rotatable bonds is 1. The third-order valence-corrected chi connectivity index (χ3v) is 2.23. The number of halogens is 1. The zero-order chi connectivity index (χ0) is 10.8. The number of pyridine rings is 1. The summed E-state index contributed by atoms with van der Waals surface area (Å²) in [7, 11) is 0. The van der Waals surface area contributed by atoms with E-state index in [1.54, 1.807) is 37.4 Å². The molecule has 1 N–H and O–H groups in total. The van der Waals surface area contributed by atoms with Gasteiger partial charge >= 0.3 is 0 Å². The van der Waals surface area contributed by atoms with E-state index in [1.165, 1.54) is 6.07 Å². The predicted octanol–water partition coefficient (Wildman–Crippen LogP) is 2.90. The van der Waals surface area contributed by atoms with Crippen LogP contribution in [0.1, 0.15) is 5.56 Å². The molecule has 0 aliphatic rings. The Bertz CT molecular complexity index is 497. The fourth-order valence-electron chi connectivity index (χ4n) is 1.40. The lowest BCUT2D eigenvalue weighted by Gasteiger charge is -2.04. The van der Waals surface area contributed by atoms with Crippen LogP contribution in [0.3, 0.4) is 0 Å².